The first-order valence-electron chi connectivity index (χ1n) is 31.7. The topological polar surface area (TPSA) is 55.4 Å². The van der Waals surface area contributed by atoms with Gasteiger partial charge in [0.1, 0.15) is 12.3 Å². The van der Waals surface area contributed by atoms with Gasteiger partial charge in [0, 0.05) is 160 Å². The summed E-state index contributed by atoms with van der Waals surface area (Å²) in [5, 5.41) is 7.31. The first-order chi connectivity index (χ1) is 46.1. The largest absolute Gasteiger partial charge is 2.00 e. The van der Waals surface area contributed by atoms with Crippen molar-refractivity contribution < 1.29 is 28.4 Å². The molecule has 0 bridgehead atoms. The molecule has 14 rings (SSSR count). The minimum Gasteiger partial charge on any atom is -0.381 e. The average Bonchev–Trinajstić information content (AvgIpc) is 0.948. The van der Waals surface area contributed by atoms with E-state index in [4.69, 9.17) is 214 Å². The second-order valence-electron chi connectivity index (χ2n) is 23.3. The van der Waals surface area contributed by atoms with E-state index in [-0.39, 0.29) is 23.1 Å². The number of ether oxygens (including phenoxy) is 6. The molecule has 97 heavy (non-hydrogen) atoms. The molecule has 25 heteroatoms. The molecular weight excluding hydrogens is 1570 g/mol. The van der Waals surface area contributed by atoms with Crippen molar-refractivity contribution in [3.8, 4) is 0 Å². The molecule has 0 atom stereocenters. The molecular formula is C72H72B2Cl16MgO6. The third kappa shape index (κ3) is 27.5. The van der Waals surface area contributed by atoms with E-state index in [1.807, 2.05) is 97.1 Å². The minimum absolute atomic E-state index is 0. The van der Waals surface area contributed by atoms with Crippen LogP contribution in [0.3, 0.4) is 0 Å². The van der Waals surface area contributed by atoms with E-state index in [0.29, 0.717) is 80.4 Å². The smallest absolute Gasteiger partial charge is 0.381 e. The van der Waals surface area contributed by atoms with Gasteiger partial charge in [0.25, 0.3) is 0 Å². The molecule has 8 aromatic carbocycles. The van der Waals surface area contributed by atoms with E-state index in [9.17, 15) is 0 Å². The van der Waals surface area contributed by atoms with Crippen LogP contribution in [0.25, 0.3) is 0 Å². The van der Waals surface area contributed by atoms with Crippen molar-refractivity contribution >= 4 is 265 Å². The van der Waals surface area contributed by atoms with Crippen molar-refractivity contribution in [3.05, 3.63) is 226 Å². The van der Waals surface area contributed by atoms with Gasteiger partial charge >= 0.3 is 23.1 Å². The summed E-state index contributed by atoms with van der Waals surface area (Å²) in [5.41, 5.74) is 6.24. The van der Waals surface area contributed by atoms with Gasteiger partial charge in [-0.1, -0.05) is 283 Å². The van der Waals surface area contributed by atoms with Gasteiger partial charge in [0.05, 0.1) is 0 Å². The molecule has 6 aliphatic rings. The molecule has 0 aromatic heterocycles. The first-order valence-corrected chi connectivity index (χ1v) is 37.7. The fourth-order valence-electron chi connectivity index (χ4n) is 12.0. The molecule has 6 heterocycles. The SMILES string of the molecule is C1CCOC1.C1CCOC1.C1CCOC1.C1CCOC1.C1CCOC1.C1CCOC1.Clc1cc(Cl)cc([B-](c2cc(Cl)cc(Cl)c2)(c2cc(Cl)cc(Cl)c2)c2cc(Cl)cc(Cl)c2)c1.Clc1cc(Cl)cc([B-](c2cc(Cl)cc(Cl)c2)(c2cc(Cl)cc(Cl)c2)c2cc(Cl)cc(Cl)c2)c1.[Mg+2]. The van der Waals surface area contributed by atoms with Gasteiger partial charge in [-0.05, 0) is 126 Å². The van der Waals surface area contributed by atoms with Crippen LogP contribution in [0, 0.1) is 0 Å². The first kappa shape index (κ1) is 85.0. The Kier molecular flexibility index (Phi) is 39.2. The van der Waals surface area contributed by atoms with Gasteiger partial charge in [-0.15, -0.1) is 0 Å². The Labute approximate surface area is 668 Å². The molecule has 0 saturated carbocycles. The quantitative estimate of drug-likeness (QED) is 0.141. The van der Waals surface area contributed by atoms with E-state index in [2.05, 4.69) is 0 Å². The Hall–Kier alpha value is -0.944. The summed E-state index contributed by atoms with van der Waals surface area (Å²) in [6, 6.07) is 42.7. The summed E-state index contributed by atoms with van der Waals surface area (Å²) < 4.78 is 29.7. The summed E-state index contributed by atoms with van der Waals surface area (Å²) in [6.45, 7) is 12.0. The molecule has 516 valence electrons. The molecule has 0 N–H and O–H groups in total. The Bertz CT molecular complexity index is 2820. The number of halogens is 16. The number of hydrogen-bond acceptors (Lipinski definition) is 6. The predicted molar refractivity (Wildman–Crippen MR) is 426 cm³/mol. The minimum atomic E-state index is -2.04. The summed E-state index contributed by atoms with van der Waals surface area (Å²) in [7, 11) is 0. The Morgan fingerprint density at radius 2 is 0.237 bits per heavy atom. The fraction of sp³-hybridized carbons (Fsp3) is 0.333. The van der Waals surface area contributed by atoms with Crippen molar-refractivity contribution in [2.24, 2.45) is 0 Å². The molecule has 0 unspecified atom stereocenters. The van der Waals surface area contributed by atoms with Crippen LogP contribution in [0.15, 0.2) is 146 Å². The van der Waals surface area contributed by atoms with Gasteiger partial charge in [0.2, 0.25) is 0 Å². The Morgan fingerprint density at radius 3 is 0.299 bits per heavy atom. The molecule has 0 amide bonds. The van der Waals surface area contributed by atoms with Gasteiger partial charge in [-0.25, -0.2) is 0 Å². The normalized spacial score (nSPS) is 15.3. The van der Waals surface area contributed by atoms with Crippen LogP contribution < -0.4 is 43.7 Å². The summed E-state index contributed by atoms with van der Waals surface area (Å²) in [6.07, 6.45) is 11.2. The zero-order valence-electron chi connectivity index (χ0n) is 53.2. The van der Waals surface area contributed by atoms with Gasteiger partial charge in [0.15, 0.2) is 0 Å². The maximum atomic E-state index is 6.48. The number of rotatable bonds is 8. The molecule has 0 aliphatic carbocycles. The average molecular weight is 1650 g/mol. The van der Waals surface area contributed by atoms with Crippen LogP contribution in [-0.4, -0.2) is 115 Å². The zero-order valence-corrected chi connectivity index (χ0v) is 66.7. The van der Waals surface area contributed by atoms with E-state index in [1.54, 1.807) is 48.5 Å². The van der Waals surface area contributed by atoms with Crippen molar-refractivity contribution in [1.29, 1.82) is 0 Å². The number of benzene rings is 8. The maximum Gasteiger partial charge on any atom is 2.00 e. The van der Waals surface area contributed by atoms with E-state index in [1.165, 1.54) is 77.0 Å². The van der Waals surface area contributed by atoms with E-state index >= 15 is 0 Å². The number of hydrogen-bond donors (Lipinski definition) is 0. The van der Waals surface area contributed by atoms with Gasteiger partial charge in [-0.3, -0.25) is 0 Å². The van der Waals surface area contributed by atoms with Crippen molar-refractivity contribution in [2.45, 2.75) is 77.0 Å². The van der Waals surface area contributed by atoms with Crippen LogP contribution in [-0.2, 0) is 28.4 Å². The third-order valence-corrected chi connectivity index (χ3v) is 19.5. The maximum absolute atomic E-state index is 6.48. The van der Waals surface area contributed by atoms with Crippen LogP contribution in [0.1, 0.15) is 77.0 Å². The van der Waals surface area contributed by atoms with Crippen LogP contribution in [0.5, 0.6) is 0 Å². The molecule has 6 nitrogen and oxygen atoms in total. The van der Waals surface area contributed by atoms with Crippen molar-refractivity contribution in [3.63, 3.8) is 0 Å². The third-order valence-electron chi connectivity index (χ3n) is 16.0. The fourth-order valence-corrected chi connectivity index (χ4v) is 16.3. The van der Waals surface area contributed by atoms with Crippen LogP contribution in [0.4, 0.5) is 0 Å². The zero-order chi connectivity index (χ0) is 69.0. The van der Waals surface area contributed by atoms with Gasteiger partial charge in [-0.2, -0.15) is 43.7 Å². The second-order valence-corrected chi connectivity index (χ2v) is 30.3. The Balaban J connectivity index is 0.000000211. The summed E-state index contributed by atoms with van der Waals surface area (Å²) >= 11 is 104. The standard InChI is InChI=1S/2C24H12BCl8.6C4H8O.Mg/c2*26-17-1-13(2-18(27)9-17)25(14-3-19(28)10-20(29)4-14,15-5-21(30)11-22(31)6-15)16-7-23(32)12-24(33)8-16;6*1-2-4-5-3-1;/h2*1-12H;6*1-4H2;/q2*-1;;;;;;;+2. The van der Waals surface area contributed by atoms with Crippen LogP contribution in [0.2, 0.25) is 80.4 Å². The summed E-state index contributed by atoms with van der Waals surface area (Å²) in [5.74, 6) is 0. The summed E-state index contributed by atoms with van der Waals surface area (Å²) in [4.78, 5) is 0. The molecule has 6 fully saturated rings. The molecule has 0 radical (unpaired) electrons. The predicted octanol–water partition coefficient (Wildman–Crippen LogP) is 21.0. The van der Waals surface area contributed by atoms with Gasteiger partial charge < -0.3 is 28.4 Å². The van der Waals surface area contributed by atoms with Crippen molar-refractivity contribution in [2.75, 3.05) is 79.3 Å². The molecule has 8 aromatic rings. The second kappa shape index (κ2) is 44.8. The Morgan fingerprint density at radius 1 is 0.155 bits per heavy atom. The van der Waals surface area contributed by atoms with E-state index < -0.39 is 12.3 Å². The van der Waals surface area contributed by atoms with E-state index in [0.717, 1.165) is 123 Å². The van der Waals surface area contributed by atoms with Crippen LogP contribution >= 0.6 is 186 Å². The van der Waals surface area contributed by atoms with Crippen molar-refractivity contribution in [1.82, 2.24) is 0 Å². The molecule has 6 saturated heterocycles. The monoisotopic (exact) mass is 1640 g/mol. The molecule has 0 spiro atoms. The molecule has 6 aliphatic heterocycles.